The van der Waals surface area contributed by atoms with E-state index in [4.69, 9.17) is 10.9 Å². The first-order chi connectivity index (χ1) is 8.27. The first-order valence-corrected chi connectivity index (χ1v) is 6.14. The van der Waals surface area contributed by atoms with Gasteiger partial charge in [0, 0.05) is 10.0 Å². The zero-order valence-electron chi connectivity index (χ0n) is 10.5. The number of benzene rings is 1. The van der Waals surface area contributed by atoms with E-state index in [0.29, 0.717) is 5.56 Å². The van der Waals surface area contributed by atoms with E-state index in [-0.39, 0.29) is 11.7 Å². The predicted molar refractivity (Wildman–Crippen MR) is 73.8 cm³/mol. The van der Waals surface area contributed by atoms with Gasteiger partial charge in [0.05, 0.1) is 5.54 Å². The van der Waals surface area contributed by atoms with Crippen molar-refractivity contribution in [2.45, 2.75) is 26.3 Å². The van der Waals surface area contributed by atoms with Gasteiger partial charge in [-0.15, -0.1) is 0 Å². The second kappa shape index (κ2) is 5.39. The van der Waals surface area contributed by atoms with Crippen LogP contribution in [0, 0.1) is 6.92 Å². The Kier molecular flexibility index (Phi) is 4.34. The van der Waals surface area contributed by atoms with Crippen molar-refractivity contribution >= 4 is 27.7 Å². The highest BCUT2D eigenvalue weighted by Crippen LogP contribution is 2.18. The maximum absolute atomic E-state index is 12.0. The number of nitrogens with zero attached hydrogens (tertiary/aromatic N) is 1. The van der Waals surface area contributed by atoms with E-state index in [2.05, 4.69) is 26.4 Å². The van der Waals surface area contributed by atoms with Crippen molar-refractivity contribution < 1.29 is 10.0 Å². The molecule has 0 saturated heterocycles. The van der Waals surface area contributed by atoms with Crippen LogP contribution in [0.25, 0.3) is 0 Å². The lowest BCUT2D eigenvalue weighted by atomic mass is 10.0. The summed E-state index contributed by atoms with van der Waals surface area (Å²) in [5.41, 5.74) is 6.14. The summed E-state index contributed by atoms with van der Waals surface area (Å²) in [6.07, 6.45) is 0. The van der Waals surface area contributed by atoms with Crippen molar-refractivity contribution in [3.63, 3.8) is 0 Å². The van der Waals surface area contributed by atoms with Crippen LogP contribution >= 0.6 is 15.9 Å². The number of amidine groups is 1. The molecule has 0 aliphatic carbocycles. The maximum Gasteiger partial charge on any atom is 0.252 e. The molecule has 98 valence electrons. The van der Waals surface area contributed by atoms with Gasteiger partial charge in [0.25, 0.3) is 5.91 Å². The van der Waals surface area contributed by atoms with Crippen LogP contribution in [0.5, 0.6) is 0 Å². The van der Waals surface area contributed by atoms with Crippen molar-refractivity contribution in [2.75, 3.05) is 0 Å². The summed E-state index contributed by atoms with van der Waals surface area (Å²) in [6.45, 7) is 5.25. The molecule has 1 rings (SSSR count). The number of nitrogens with one attached hydrogen (secondary N) is 1. The van der Waals surface area contributed by atoms with Crippen LogP contribution in [0.3, 0.4) is 0 Å². The minimum Gasteiger partial charge on any atom is -0.409 e. The molecule has 0 aromatic heterocycles. The van der Waals surface area contributed by atoms with Gasteiger partial charge in [0.15, 0.2) is 5.84 Å². The van der Waals surface area contributed by atoms with Crippen LogP contribution in [-0.2, 0) is 0 Å². The Morgan fingerprint density at radius 1 is 1.50 bits per heavy atom. The highest BCUT2D eigenvalue weighted by molar-refractivity contribution is 9.10. The predicted octanol–water partition coefficient (Wildman–Crippen LogP) is 2.01. The van der Waals surface area contributed by atoms with E-state index in [1.807, 2.05) is 13.0 Å². The molecular weight excluding hydrogens is 298 g/mol. The molecular formula is C12H16BrN3O2. The third-order valence-electron chi connectivity index (χ3n) is 2.61. The second-order valence-corrected chi connectivity index (χ2v) is 5.38. The van der Waals surface area contributed by atoms with Gasteiger partial charge in [-0.05, 0) is 38.5 Å². The molecule has 1 amide bonds. The Bertz CT molecular complexity index is 498. The van der Waals surface area contributed by atoms with Crippen molar-refractivity contribution in [1.29, 1.82) is 0 Å². The molecule has 0 spiro atoms. The lowest BCUT2D eigenvalue weighted by molar-refractivity contribution is 0.0931. The fourth-order valence-electron chi connectivity index (χ4n) is 1.28. The highest BCUT2D eigenvalue weighted by Gasteiger charge is 2.26. The highest BCUT2D eigenvalue weighted by atomic mass is 79.9. The topological polar surface area (TPSA) is 87.7 Å². The number of hydrogen-bond donors (Lipinski definition) is 3. The SMILES string of the molecule is Cc1ccc(C(=O)NC(C)(C)/C(N)=N/O)cc1Br. The number of oxime groups is 1. The molecule has 4 N–H and O–H groups in total. The number of halogens is 1. The molecule has 0 radical (unpaired) electrons. The molecule has 1 aromatic rings. The Balaban J connectivity index is 2.92. The zero-order chi connectivity index (χ0) is 13.9. The molecule has 0 atom stereocenters. The summed E-state index contributed by atoms with van der Waals surface area (Å²) >= 11 is 3.37. The summed E-state index contributed by atoms with van der Waals surface area (Å²) in [7, 11) is 0. The van der Waals surface area contributed by atoms with Gasteiger partial charge >= 0.3 is 0 Å². The fraction of sp³-hybridized carbons (Fsp3) is 0.333. The van der Waals surface area contributed by atoms with Crippen molar-refractivity contribution in [3.05, 3.63) is 33.8 Å². The number of carbonyl (C=O) groups excluding carboxylic acids is 1. The van der Waals surface area contributed by atoms with Gasteiger partial charge in [0.1, 0.15) is 0 Å². The molecule has 0 unspecified atom stereocenters. The normalized spacial score (nSPS) is 12.3. The van der Waals surface area contributed by atoms with Crippen LogP contribution < -0.4 is 11.1 Å². The zero-order valence-corrected chi connectivity index (χ0v) is 12.1. The molecule has 0 aliphatic heterocycles. The van der Waals surface area contributed by atoms with Gasteiger partial charge in [-0.1, -0.05) is 27.2 Å². The summed E-state index contributed by atoms with van der Waals surface area (Å²) in [4.78, 5) is 12.0. The van der Waals surface area contributed by atoms with Crippen LogP contribution in [0.15, 0.2) is 27.8 Å². The minimum atomic E-state index is -0.913. The van der Waals surface area contributed by atoms with Crippen LogP contribution in [0.1, 0.15) is 29.8 Å². The van der Waals surface area contributed by atoms with Gasteiger partial charge in [-0.2, -0.15) is 0 Å². The molecule has 1 aromatic carbocycles. The van der Waals surface area contributed by atoms with Crippen LogP contribution in [0.4, 0.5) is 0 Å². The summed E-state index contributed by atoms with van der Waals surface area (Å²) < 4.78 is 0.858. The van der Waals surface area contributed by atoms with Crippen LogP contribution in [-0.4, -0.2) is 22.5 Å². The van der Waals surface area contributed by atoms with Gasteiger partial charge in [0.2, 0.25) is 0 Å². The first kappa shape index (κ1) is 14.5. The summed E-state index contributed by atoms with van der Waals surface area (Å²) in [6, 6.07) is 5.29. The third kappa shape index (κ3) is 3.22. The van der Waals surface area contributed by atoms with Crippen molar-refractivity contribution in [3.8, 4) is 0 Å². The number of nitrogens with two attached hydrogens (primary N) is 1. The summed E-state index contributed by atoms with van der Waals surface area (Å²) in [5, 5.41) is 14.2. The lowest BCUT2D eigenvalue weighted by Gasteiger charge is -2.24. The second-order valence-electron chi connectivity index (χ2n) is 4.53. The largest absolute Gasteiger partial charge is 0.409 e. The van der Waals surface area contributed by atoms with Gasteiger partial charge in [-0.25, -0.2) is 0 Å². The molecule has 6 heteroatoms. The third-order valence-corrected chi connectivity index (χ3v) is 3.46. The van der Waals surface area contributed by atoms with Crippen molar-refractivity contribution in [2.24, 2.45) is 10.9 Å². The lowest BCUT2D eigenvalue weighted by Crippen LogP contribution is -2.53. The molecule has 0 aliphatic rings. The maximum atomic E-state index is 12.0. The number of carbonyl (C=O) groups is 1. The Labute approximate surface area is 114 Å². The van der Waals surface area contributed by atoms with E-state index < -0.39 is 5.54 Å². The molecule has 0 bridgehead atoms. The minimum absolute atomic E-state index is 0.0537. The number of rotatable bonds is 3. The van der Waals surface area contributed by atoms with Gasteiger partial charge < -0.3 is 16.3 Å². The molecule has 5 nitrogen and oxygen atoms in total. The van der Waals surface area contributed by atoms with E-state index >= 15 is 0 Å². The Morgan fingerprint density at radius 2 is 2.11 bits per heavy atom. The monoisotopic (exact) mass is 313 g/mol. The molecule has 18 heavy (non-hydrogen) atoms. The van der Waals surface area contributed by atoms with Gasteiger partial charge in [-0.3, -0.25) is 4.79 Å². The average molecular weight is 314 g/mol. The number of aryl methyl sites for hydroxylation is 1. The first-order valence-electron chi connectivity index (χ1n) is 5.34. The van der Waals surface area contributed by atoms with E-state index in [0.717, 1.165) is 10.0 Å². The van der Waals surface area contributed by atoms with Crippen LogP contribution in [0.2, 0.25) is 0 Å². The molecule has 0 saturated carbocycles. The fourth-order valence-corrected chi connectivity index (χ4v) is 1.66. The molecule has 0 fully saturated rings. The average Bonchev–Trinajstić information content (AvgIpc) is 2.30. The van der Waals surface area contributed by atoms with Crippen molar-refractivity contribution in [1.82, 2.24) is 5.32 Å². The number of amides is 1. The summed E-state index contributed by atoms with van der Waals surface area (Å²) in [5.74, 6) is -0.339. The van der Waals surface area contributed by atoms with E-state index in [9.17, 15) is 4.79 Å². The van der Waals surface area contributed by atoms with E-state index in [1.165, 1.54) is 0 Å². The standard InChI is InChI=1S/C12H16BrN3O2/c1-7-4-5-8(6-9(7)13)10(17)15-12(2,3)11(14)16-18/h4-6,18H,1-3H3,(H2,14,16)(H,15,17). The Hall–Kier alpha value is -1.56. The van der Waals surface area contributed by atoms with E-state index in [1.54, 1.807) is 26.0 Å². The number of hydrogen-bond acceptors (Lipinski definition) is 3. The molecule has 0 heterocycles. The quantitative estimate of drug-likeness (QED) is 0.345. The smallest absolute Gasteiger partial charge is 0.252 e. The Morgan fingerprint density at radius 3 is 2.61 bits per heavy atom.